The van der Waals surface area contributed by atoms with Crippen LogP contribution in [0.25, 0.3) is 0 Å². The molecule has 0 saturated heterocycles. The molecule has 1 aliphatic carbocycles. The Balaban J connectivity index is 2.54. The standard InChI is InChI=1S/C8H12ClF3Si/c1-13(9,8(10,11)12)6-5-7-3-2-4-7/h5-7H,2-4H2,1H3. The average molecular weight is 229 g/mol. The predicted octanol–water partition coefficient (Wildman–Crippen LogP) is 3.80. The molecule has 0 radical (unpaired) electrons. The summed E-state index contributed by atoms with van der Waals surface area (Å²) in [6.45, 7) is 1.11. The molecule has 0 spiro atoms. The number of rotatable bonds is 2. The Morgan fingerprint density at radius 3 is 2.23 bits per heavy atom. The maximum atomic E-state index is 12.3. The first kappa shape index (κ1) is 11.1. The number of hydrogen-bond donors (Lipinski definition) is 0. The molecule has 0 aromatic rings. The fourth-order valence-electron chi connectivity index (χ4n) is 1.04. The second-order valence-corrected chi connectivity index (χ2v) is 9.03. The minimum absolute atomic E-state index is 0.341. The van der Waals surface area contributed by atoms with Crippen molar-refractivity contribution in [2.75, 3.05) is 0 Å². The summed E-state index contributed by atoms with van der Waals surface area (Å²) >= 11 is 5.46. The summed E-state index contributed by atoms with van der Waals surface area (Å²) < 4.78 is 36.9. The second kappa shape index (κ2) is 3.65. The Morgan fingerprint density at radius 1 is 1.38 bits per heavy atom. The van der Waals surface area contributed by atoms with Gasteiger partial charge in [0.2, 0.25) is 0 Å². The van der Waals surface area contributed by atoms with Gasteiger partial charge in [-0.15, -0.1) is 0 Å². The molecule has 5 heteroatoms. The highest BCUT2D eigenvalue weighted by atomic mass is 35.6. The molecule has 13 heavy (non-hydrogen) atoms. The Morgan fingerprint density at radius 2 is 1.92 bits per heavy atom. The van der Waals surface area contributed by atoms with Gasteiger partial charge in [0.15, 0.2) is 0 Å². The highest BCUT2D eigenvalue weighted by Crippen LogP contribution is 2.35. The maximum Gasteiger partial charge on any atom is 0.381 e. The van der Waals surface area contributed by atoms with Crippen molar-refractivity contribution in [2.45, 2.75) is 31.6 Å². The van der Waals surface area contributed by atoms with Crippen molar-refractivity contribution in [3.63, 3.8) is 0 Å². The molecule has 0 amide bonds. The van der Waals surface area contributed by atoms with Crippen molar-refractivity contribution in [2.24, 2.45) is 5.92 Å². The smallest absolute Gasteiger partial charge is 0.175 e. The quantitative estimate of drug-likeness (QED) is 0.498. The van der Waals surface area contributed by atoms with Crippen molar-refractivity contribution in [1.29, 1.82) is 0 Å². The molecule has 1 saturated carbocycles. The van der Waals surface area contributed by atoms with Gasteiger partial charge in [-0.1, -0.05) is 18.2 Å². The zero-order chi connectivity index (χ0) is 10.1. The molecule has 1 atom stereocenters. The van der Waals surface area contributed by atoms with Gasteiger partial charge in [0.25, 0.3) is 7.38 Å². The van der Waals surface area contributed by atoms with Crippen molar-refractivity contribution in [3.05, 3.63) is 11.8 Å². The fraction of sp³-hybridized carbons (Fsp3) is 0.750. The summed E-state index contributed by atoms with van der Waals surface area (Å²) in [5.74, 6) is -3.89. The second-order valence-electron chi connectivity index (χ2n) is 3.62. The number of halogens is 4. The van der Waals surface area contributed by atoms with Crippen LogP contribution in [0.4, 0.5) is 13.2 Å². The Bertz CT molecular complexity index is 206. The molecule has 1 aliphatic rings. The van der Waals surface area contributed by atoms with Crippen LogP contribution in [0.2, 0.25) is 6.55 Å². The van der Waals surface area contributed by atoms with Crippen LogP contribution >= 0.6 is 11.1 Å². The third-order valence-electron chi connectivity index (χ3n) is 2.39. The van der Waals surface area contributed by atoms with Gasteiger partial charge in [-0.05, 0) is 25.3 Å². The van der Waals surface area contributed by atoms with E-state index in [0.29, 0.717) is 5.92 Å². The summed E-state index contributed by atoms with van der Waals surface area (Å²) in [4.78, 5) is 0. The molecule has 0 bridgehead atoms. The van der Waals surface area contributed by atoms with Crippen LogP contribution in [0.15, 0.2) is 11.8 Å². The summed E-state index contributed by atoms with van der Waals surface area (Å²) in [5.41, 5.74) is 1.21. The van der Waals surface area contributed by atoms with Crippen LogP contribution < -0.4 is 0 Å². The van der Waals surface area contributed by atoms with E-state index in [0.717, 1.165) is 25.8 Å². The number of alkyl halides is 3. The number of hydrogen-bond acceptors (Lipinski definition) is 0. The van der Waals surface area contributed by atoms with Crippen LogP contribution in [-0.2, 0) is 0 Å². The Kier molecular flexibility index (Phi) is 3.12. The van der Waals surface area contributed by atoms with E-state index >= 15 is 0 Å². The largest absolute Gasteiger partial charge is 0.381 e. The van der Waals surface area contributed by atoms with Crippen LogP contribution in [0.5, 0.6) is 0 Å². The highest BCUT2D eigenvalue weighted by Gasteiger charge is 2.51. The molecular formula is C8H12ClF3Si. The lowest BCUT2D eigenvalue weighted by Crippen LogP contribution is -2.40. The zero-order valence-electron chi connectivity index (χ0n) is 7.37. The van der Waals surface area contributed by atoms with Gasteiger partial charge < -0.3 is 0 Å². The normalized spacial score (nSPS) is 24.4. The molecule has 0 N–H and O–H groups in total. The molecular weight excluding hydrogens is 217 g/mol. The number of allylic oxidation sites excluding steroid dienone is 1. The molecule has 1 unspecified atom stereocenters. The third kappa shape index (κ3) is 2.74. The first-order valence-corrected chi connectivity index (χ1v) is 7.87. The highest BCUT2D eigenvalue weighted by molar-refractivity contribution is 7.23. The topological polar surface area (TPSA) is 0 Å². The summed E-state index contributed by atoms with van der Waals surface area (Å²) in [6.07, 6.45) is 4.79. The molecule has 0 aliphatic heterocycles. The molecule has 0 aromatic carbocycles. The maximum absolute atomic E-state index is 12.3. The van der Waals surface area contributed by atoms with Crippen molar-refractivity contribution in [3.8, 4) is 0 Å². The van der Waals surface area contributed by atoms with Gasteiger partial charge in [-0.25, -0.2) is 0 Å². The summed E-state index contributed by atoms with van der Waals surface area (Å²) in [5, 5.41) is 0. The van der Waals surface area contributed by atoms with Crippen molar-refractivity contribution < 1.29 is 13.2 Å². The monoisotopic (exact) mass is 228 g/mol. The van der Waals surface area contributed by atoms with Gasteiger partial charge in [-0.3, -0.25) is 0 Å². The van der Waals surface area contributed by atoms with Crippen molar-refractivity contribution >= 4 is 18.5 Å². The lowest BCUT2D eigenvalue weighted by molar-refractivity contribution is -0.0517. The molecule has 0 aromatic heterocycles. The Hall–Kier alpha value is 0.0369. The first-order valence-electron chi connectivity index (χ1n) is 4.28. The Labute approximate surface area is 81.5 Å². The molecule has 0 heterocycles. The lowest BCUT2D eigenvalue weighted by atomic mass is 9.86. The molecule has 0 nitrogen and oxygen atoms in total. The summed E-state index contributed by atoms with van der Waals surface area (Å²) in [6, 6.07) is 0. The fourth-order valence-corrected chi connectivity index (χ4v) is 2.08. The van der Waals surface area contributed by atoms with Crippen LogP contribution in [0, 0.1) is 5.92 Å². The van der Waals surface area contributed by atoms with Crippen LogP contribution in [0.3, 0.4) is 0 Å². The van der Waals surface area contributed by atoms with Gasteiger partial charge >= 0.3 is 5.80 Å². The minimum atomic E-state index is -4.23. The molecule has 1 fully saturated rings. The average Bonchev–Trinajstić information content (AvgIpc) is 1.80. The molecule has 1 rings (SSSR count). The van der Waals surface area contributed by atoms with Gasteiger partial charge in [0.1, 0.15) is 0 Å². The van der Waals surface area contributed by atoms with Crippen LogP contribution in [-0.4, -0.2) is 13.2 Å². The first-order chi connectivity index (χ1) is 5.83. The lowest BCUT2D eigenvalue weighted by Gasteiger charge is -2.24. The minimum Gasteiger partial charge on any atom is -0.175 e. The van der Waals surface area contributed by atoms with E-state index in [9.17, 15) is 13.2 Å². The van der Waals surface area contributed by atoms with Gasteiger partial charge in [0, 0.05) is 0 Å². The zero-order valence-corrected chi connectivity index (χ0v) is 9.12. The van der Waals surface area contributed by atoms with E-state index in [-0.39, 0.29) is 0 Å². The predicted molar refractivity (Wildman–Crippen MR) is 50.0 cm³/mol. The van der Waals surface area contributed by atoms with Gasteiger partial charge in [0.05, 0.1) is 0 Å². The van der Waals surface area contributed by atoms with E-state index in [1.54, 1.807) is 6.08 Å². The van der Waals surface area contributed by atoms with Crippen LogP contribution in [0.1, 0.15) is 19.3 Å². The van der Waals surface area contributed by atoms with E-state index in [2.05, 4.69) is 0 Å². The third-order valence-corrected chi connectivity index (χ3v) is 5.33. The molecule has 76 valence electrons. The summed E-state index contributed by atoms with van der Waals surface area (Å²) in [7, 11) is -3.66. The van der Waals surface area contributed by atoms with Crippen molar-refractivity contribution in [1.82, 2.24) is 0 Å². The van der Waals surface area contributed by atoms with E-state index in [4.69, 9.17) is 11.1 Å². The SMILES string of the molecule is C[Si](Cl)(C=CC1CCC1)C(F)(F)F. The van der Waals surface area contributed by atoms with E-state index < -0.39 is 13.2 Å². The van der Waals surface area contributed by atoms with Gasteiger partial charge in [-0.2, -0.15) is 24.3 Å². The van der Waals surface area contributed by atoms with E-state index in [1.807, 2.05) is 0 Å². The van der Waals surface area contributed by atoms with E-state index in [1.165, 1.54) is 5.70 Å².